The highest BCUT2D eigenvalue weighted by Gasteiger charge is 2.54. The van der Waals surface area contributed by atoms with E-state index in [0.717, 1.165) is 50.7 Å². The van der Waals surface area contributed by atoms with E-state index in [2.05, 4.69) is 6.92 Å². The first kappa shape index (κ1) is 18.1. The normalized spacial score (nSPS) is 33.9. The molecule has 28 heavy (non-hydrogen) atoms. The number of phenols is 1. The number of benzene rings is 2. The topological polar surface area (TPSA) is 40.5 Å². The summed E-state index contributed by atoms with van der Waals surface area (Å²) in [7, 11) is 0. The van der Waals surface area contributed by atoms with Crippen LogP contribution < -0.4 is 0 Å². The molecule has 0 heterocycles. The van der Waals surface area contributed by atoms with Gasteiger partial charge in [0.25, 0.3) is 0 Å². The number of aromatic hydroxyl groups is 1. The van der Waals surface area contributed by atoms with E-state index in [1.54, 1.807) is 0 Å². The second-order valence-corrected chi connectivity index (χ2v) is 9.25. The van der Waals surface area contributed by atoms with Gasteiger partial charge >= 0.3 is 0 Å². The lowest BCUT2D eigenvalue weighted by molar-refractivity contribution is -0.0226. The number of aliphatic hydroxyl groups is 1. The summed E-state index contributed by atoms with van der Waals surface area (Å²) >= 11 is 0. The van der Waals surface area contributed by atoms with E-state index in [1.165, 1.54) is 17.2 Å². The summed E-state index contributed by atoms with van der Waals surface area (Å²) < 4.78 is 27.1. The number of aliphatic hydroxyl groups excluding tert-OH is 1. The lowest BCUT2D eigenvalue weighted by atomic mass is 9.55. The molecular weight excluding hydrogens is 358 g/mol. The van der Waals surface area contributed by atoms with Crippen molar-refractivity contribution in [2.75, 3.05) is 0 Å². The van der Waals surface area contributed by atoms with Crippen molar-refractivity contribution in [1.29, 1.82) is 0 Å². The van der Waals surface area contributed by atoms with Crippen LogP contribution in [-0.2, 0) is 6.42 Å². The quantitative estimate of drug-likeness (QED) is 0.676. The van der Waals surface area contributed by atoms with E-state index in [1.807, 2.05) is 12.1 Å². The molecule has 5 rings (SSSR count). The maximum Gasteiger partial charge on any atom is 0.159 e. The number of hydrogen-bond donors (Lipinski definition) is 2. The minimum absolute atomic E-state index is 0.0263. The lowest BCUT2D eigenvalue weighted by Crippen LogP contribution is -2.43. The Balaban J connectivity index is 1.56. The van der Waals surface area contributed by atoms with E-state index in [4.69, 9.17) is 0 Å². The highest BCUT2D eigenvalue weighted by molar-refractivity contribution is 5.72. The van der Waals surface area contributed by atoms with Crippen LogP contribution in [0.25, 0.3) is 11.1 Å². The molecule has 148 valence electrons. The zero-order valence-electron chi connectivity index (χ0n) is 16.1. The van der Waals surface area contributed by atoms with Crippen LogP contribution in [0.3, 0.4) is 0 Å². The SMILES string of the molecule is C[C@]12CC[C@@H]3c4cc(-c5ccc(F)c(F)c5)c(O)cc4CC[C@H]3[C@@H]1CC[C@@H]2O. The zero-order chi connectivity index (χ0) is 19.6. The largest absolute Gasteiger partial charge is 0.507 e. The van der Waals surface area contributed by atoms with Gasteiger partial charge in [0.2, 0.25) is 0 Å². The maximum absolute atomic E-state index is 13.8. The third kappa shape index (κ3) is 2.53. The van der Waals surface area contributed by atoms with Crippen molar-refractivity contribution >= 4 is 0 Å². The van der Waals surface area contributed by atoms with Crippen LogP contribution in [0, 0.1) is 28.9 Å². The van der Waals surface area contributed by atoms with Gasteiger partial charge in [-0.2, -0.15) is 0 Å². The van der Waals surface area contributed by atoms with Crippen molar-refractivity contribution in [2.45, 2.75) is 57.5 Å². The molecule has 0 unspecified atom stereocenters. The van der Waals surface area contributed by atoms with Crippen LogP contribution in [0.2, 0.25) is 0 Å². The van der Waals surface area contributed by atoms with E-state index < -0.39 is 11.6 Å². The highest BCUT2D eigenvalue weighted by Crippen LogP contribution is 2.61. The number of aryl methyl sites for hydroxylation is 1. The Morgan fingerprint density at radius 1 is 1.00 bits per heavy atom. The first-order valence-electron chi connectivity index (χ1n) is 10.4. The van der Waals surface area contributed by atoms with Crippen molar-refractivity contribution in [1.82, 2.24) is 0 Å². The van der Waals surface area contributed by atoms with E-state index in [0.29, 0.717) is 28.9 Å². The van der Waals surface area contributed by atoms with Crippen molar-refractivity contribution < 1.29 is 19.0 Å². The summed E-state index contributed by atoms with van der Waals surface area (Å²) in [4.78, 5) is 0. The van der Waals surface area contributed by atoms with Crippen molar-refractivity contribution in [3.05, 3.63) is 53.1 Å². The van der Waals surface area contributed by atoms with E-state index in [-0.39, 0.29) is 17.3 Å². The minimum atomic E-state index is -0.902. The molecular formula is C24H26F2O2. The Labute approximate surface area is 164 Å². The van der Waals surface area contributed by atoms with Crippen molar-refractivity contribution in [2.24, 2.45) is 17.3 Å². The van der Waals surface area contributed by atoms with Crippen LogP contribution in [-0.4, -0.2) is 16.3 Å². The van der Waals surface area contributed by atoms with E-state index >= 15 is 0 Å². The second-order valence-electron chi connectivity index (χ2n) is 9.25. The van der Waals surface area contributed by atoms with Crippen LogP contribution in [0.1, 0.15) is 56.1 Å². The standard InChI is InChI=1S/C24H26F2O2/c1-24-9-8-15-16(19(24)5-7-23(24)28)4-2-14-11-22(27)18(12-17(14)15)13-3-6-20(25)21(26)10-13/h3,6,10-12,15-16,19,23,27-28H,2,4-5,7-9H2,1H3/t15-,16+,19-,23-,24-/m0/s1. The molecule has 4 heteroatoms. The molecule has 2 aromatic carbocycles. The summed E-state index contributed by atoms with van der Waals surface area (Å²) in [6.45, 7) is 2.25. The summed E-state index contributed by atoms with van der Waals surface area (Å²) in [6.07, 6.45) is 5.84. The van der Waals surface area contributed by atoms with Crippen molar-refractivity contribution in [3.63, 3.8) is 0 Å². The van der Waals surface area contributed by atoms with Gasteiger partial charge in [0.05, 0.1) is 6.10 Å². The number of phenolic OH excluding ortho intramolecular Hbond substituents is 1. The predicted octanol–water partition coefficient (Wildman–Crippen LogP) is 5.55. The number of rotatable bonds is 1. The zero-order valence-corrected chi connectivity index (χ0v) is 16.1. The summed E-state index contributed by atoms with van der Waals surface area (Å²) in [6, 6.07) is 7.60. The first-order chi connectivity index (χ1) is 13.4. The molecule has 3 aliphatic carbocycles. The molecule has 2 aromatic rings. The fraction of sp³-hybridized carbons (Fsp3) is 0.500. The highest BCUT2D eigenvalue weighted by atomic mass is 19.2. The maximum atomic E-state index is 13.8. The van der Waals surface area contributed by atoms with Crippen LogP contribution in [0.15, 0.2) is 30.3 Å². The van der Waals surface area contributed by atoms with Gasteiger partial charge in [0, 0.05) is 5.56 Å². The first-order valence-corrected chi connectivity index (χ1v) is 10.4. The fourth-order valence-electron chi connectivity index (χ4n) is 6.48. The molecule has 5 atom stereocenters. The molecule has 0 aliphatic heterocycles. The van der Waals surface area contributed by atoms with Gasteiger partial charge in [-0.25, -0.2) is 8.78 Å². The molecule has 0 spiro atoms. The van der Waals surface area contributed by atoms with Gasteiger partial charge in [0.15, 0.2) is 11.6 Å². The summed E-state index contributed by atoms with van der Waals surface area (Å²) in [5.74, 6) is -0.161. The smallest absolute Gasteiger partial charge is 0.159 e. The number of hydrogen-bond acceptors (Lipinski definition) is 2. The Hall–Kier alpha value is -1.94. The number of halogens is 2. The fourth-order valence-corrected chi connectivity index (χ4v) is 6.48. The molecule has 0 bridgehead atoms. The molecule has 0 amide bonds. The third-order valence-electron chi connectivity index (χ3n) is 8.02. The third-order valence-corrected chi connectivity index (χ3v) is 8.02. The number of fused-ring (bicyclic) bond motifs is 5. The predicted molar refractivity (Wildman–Crippen MR) is 104 cm³/mol. The summed E-state index contributed by atoms with van der Waals surface area (Å²) in [5.41, 5.74) is 3.51. The van der Waals surface area contributed by atoms with E-state index in [9.17, 15) is 19.0 Å². The summed E-state index contributed by atoms with van der Waals surface area (Å²) in [5, 5.41) is 21.1. The molecule has 0 aromatic heterocycles. The molecule has 2 saturated carbocycles. The Kier molecular flexibility index (Phi) is 4.06. The van der Waals surface area contributed by atoms with Gasteiger partial charge < -0.3 is 10.2 Å². The van der Waals surface area contributed by atoms with Crippen LogP contribution in [0.5, 0.6) is 5.75 Å². The Bertz CT molecular complexity index is 940. The average Bonchev–Trinajstić information content (AvgIpc) is 2.98. The minimum Gasteiger partial charge on any atom is -0.507 e. The second kappa shape index (κ2) is 6.28. The molecule has 2 N–H and O–H groups in total. The van der Waals surface area contributed by atoms with Crippen LogP contribution >= 0.6 is 0 Å². The van der Waals surface area contributed by atoms with Gasteiger partial charge in [-0.15, -0.1) is 0 Å². The average molecular weight is 384 g/mol. The molecule has 2 fully saturated rings. The van der Waals surface area contributed by atoms with Gasteiger partial charge in [-0.3, -0.25) is 0 Å². The molecule has 0 saturated heterocycles. The lowest BCUT2D eigenvalue weighted by Gasteiger charge is -2.50. The van der Waals surface area contributed by atoms with Gasteiger partial charge in [-0.05, 0) is 103 Å². The Morgan fingerprint density at radius 3 is 2.61 bits per heavy atom. The van der Waals surface area contributed by atoms with Crippen molar-refractivity contribution in [3.8, 4) is 16.9 Å². The van der Waals surface area contributed by atoms with Gasteiger partial charge in [-0.1, -0.05) is 13.0 Å². The molecule has 3 aliphatic rings. The van der Waals surface area contributed by atoms with Crippen LogP contribution in [0.4, 0.5) is 8.78 Å². The molecule has 0 radical (unpaired) electrons. The Morgan fingerprint density at radius 2 is 1.82 bits per heavy atom. The van der Waals surface area contributed by atoms with Gasteiger partial charge in [0.1, 0.15) is 5.75 Å². The molecule has 2 nitrogen and oxygen atoms in total. The monoisotopic (exact) mass is 384 g/mol.